The van der Waals surface area contributed by atoms with Gasteiger partial charge in [-0.05, 0) is 25.1 Å². The van der Waals surface area contributed by atoms with Crippen molar-refractivity contribution in [1.29, 1.82) is 0 Å². The highest BCUT2D eigenvalue weighted by Crippen LogP contribution is 2.30. The number of benzene rings is 1. The zero-order valence-corrected chi connectivity index (χ0v) is 16.4. The number of amides is 2. The SMILES string of the molecule is COc1cc(-n2cccc2)c(Cl)cc1C(=O)N(C)CC(=O)Nc1cc(C)on1. The largest absolute Gasteiger partial charge is 0.496 e. The number of nitrogens with one attached hydrogen (secondary N) is 1. The highest BCUT2D eigenvalue weighted by Gasteiger charge is 2.21. The van der Waals surface area contributed by atoms with Crippen LogP contribution in [-0.4, -0.2) is 47.1 Å². The Bertz CT molecular complexity index is 998. The molecule has 2 heterocycles. The minimum atomic E-state index is -0.404. The maximum Gasteiger partial charge on any atom is 0.257 e. The van der Waals surface area contributed by atoms with Gasteiger partial charge in [0.25, 0.3) is 5.91 Å². The zero-order valence-electron chi connectivity index (χ0n) is 15.6. The molecule has 1 aromatic carbocycles. The Kier molecular flexibility index (Phi) is 5.70. The van der Waals surface area contributed by atoms with Crippen LogP contribution in [0.1, 0.15) is 16.1 Å². The Hall–Kier alpha value is -3.26. The van der Waals surface area contributed by atoms with Crippen LogP contribution < -0.4 is 10.1 Å². The summed E-state index contributed by atoms with van der Waals surface area (Å²) in [5, 5.41) is 6.64. The third-order valence-electron chi connectivity index (χ3n) is 4.00. The Morgan fingerprint density at radius 1 is 1.29 bits per heavy atom. The van der Waals surface area contributed by atoms with Crippen molar-refractivity contribution in [2.24, 2.45) is 0 Å². The quantitative estimate of drug-likeness (QED) is 0.684. The monoisotopic (exact) mass is 402 g/mol. The molecule has 2 aromatic heterocycles. The second kappa shape index (κ2) is 8.18. The van der Waals surface area contributed by atoms with Crippen molar-refractivity contribution in [3.05, 3.63) is 59.1 Å². The highest BCUT2D eigenvalue weighted by molar-refractivity contribution is 6.33. The maximum atomic E-state index is 12.8. The number of likely N-dealkylation sites (N-methyl/N-ethyl adjacent to an activating group) is 1. The fourth-order valence-electron chi connectivity index (χ4n) is 2.67. The summed E-state index contributed by atoms with van der Waals surface area (Å²) in [5.41, 5.74) is 0.942. The average Bonchev–Trinajstić information content (AvgIpc) is 3.32. The third kappa shape index (κ3) is 4.17. The molecule has 0 aliphatic rings. The van der Waals surface area contributed by atoms with Gasteiger partial charge >= 0.3 is 0 Å². The number of ether oxygens (including phenoxy) is 1. The van der Waals surface area contributed by atoms with Crippen molar-refractivity contribution in [2.45, 2.75) is 6.92 Å². The Labute approximate surface area is 166 Å². The first-order valence-corrected chi connectivity index (χ1v) is 8.76. The van der Waals surface area contributed by atoms with Gasteiger partial charge in [0.05, 0.1) is 29.9 Å². The number of carbonyl (C=O) groups excluding carboxylic acids is 2. The summed E-state index contributed by atoms with van der Waals surface area (Å²) in [7, 11) is 2.99. The number of anilines is 1. The lowest BCUT2D eigenvalue weighted by Crippen LogP contribution is -2.35. The summed E-state index contributed by atoms with van der Waals surface area (Å²) >= 11 is 6.37. The average molecular weight is 403 g/mol. The van der Waals surface area contributed by atoms with Crippen molar-refractivity contribution in [1.82, 2.24) is 14.6 Å². The summed E-state index contributed by atoms with van der Waals surface area (Å²) in [4.78, 5) is 26.3. The van der Waals surface area contributed by atoms with Gasteiger partial charge in [0.2, 0.25) is 5.91 Å². The van der Waals surface area contributed by atoms with E-state index in [1.165, 1.54) is 25.1 Å². The molecule has 0 radical (unpaired) electrons. The molecule has 9 heteroatoms. The second-order valence-electron chi connectivity index (χ2n) is 6.13. The molecule has 3 rings (SSSR count). The smallest absolute Gasteiger partial charge is 0.257 e. The van der Waals surface area contributed by atoms with E-state index in [2.05, 4.69) is 10.5 Å². The Morgan fingerprint density at radius 2 is 2.00 bits per heavy atom. The summed E-state index contributed by atoms with van der Waals surface area (Å²) in [6, 6.07) is 8.53. The first-order chi connectivity index (χ1) is 13.4. The fraction of sp³-hybridized carbons (Fsp3) is 0.211. The first-order valence-electron chi connectivity index (χ1n) is 8.38. The molecule has 0 aliphatic carbocycles. The minimum Gasteiger partial charge on any atom is -0.496 e. The number of aromatic nitrogens is 2. The van der Waals surface area contributed by atoms with Gasteiger partial charge in [0.15, 0.2) is 5.82 Å². The number of carbonyl (C=O) groups is 2. The van der Waals surface area contributed by atoms with Crippen molar-refractivity contribution in [3.63, 3.8) is 0 Å². The van der Waals surface area contributed by atoms with Crippen molar-refractivity contribution in [3.8, 4) is 11.4 Å². The molecule has 0 spiro atoms. The summed E-state index contributed by atoms with van der Waals surface area (Å²) in [5.74, 6) is 0.418. The van der Waals surface area contributed by atoms with Crippen molar-refractivity contribution < 1.29 is 18.8 Å². The summed E-state index contributed by atoms with van der Waals surface area (Å²) in [6.07, 6.45) is 3.68. The molecule has 0 unspecified atom stereocenters. The maximum absolute atomic E-state index is 12.8. The molecule has 1 N–H and O–H groups in total. The minimum absolute atomic E-state index is 0.176. The molecule has 0 atom stereocenters. The predicted molar refractivity (Wildman–Crippen MR) is 104 cm³/mol. The van der Waals surface area contributed by atoms with Crippen LogP contribution >= 0.6 is 11.6 Å². The number of halogens is 1. The van der Waals surface area contributed by atoms with E-state index in [0.29, 0.717) is 28.0 Å². The van der Waals surface area contributed by atoms with E-state index in [1.54, 1.807) is 19.1 Å². The van der Waals surface area contributed by atoms with Gasteiger partial charge in [-0.3, -0.25) is 9.59 Å². The van der Waals surface area contributed by atoms with Gasteiger partial charge in [-0.2, -0.15) is 0 Å². The van der Waals surface area contributed by atoms with Crippen LogP contribution in [0.2, 0.25) is 5.02 Å². The van der Waals surface area contributed by atoms with Gasteiger partial charge < -0.3 is 24.0 Å². The molecule has 28 heavy (non-hydrogen) atoms. The second-order valence-corrected chi connectivity index (χ2v) is 6.53. The molecule has 0 bridgehead atoms. The van der Waals surface area contributed by atoms with E-state index >= 15 is 0 Å². The van der Waals surface area contributed by atoms with Crippen LogP contribution in [0.3, 0.4) is 0 Å². The predicted octanol–water partition coefficient (Wildman–Crippen LogP) is 3.15. The van der Waals surface area contributed by atoms with E-state index in [0.717, 1.165) is 0 Å². The number of nitrogens with zero attached hydrogens (tertiary/aromatic N) is 3. The van der Waals surface area contributed by atoms with Gasteiger partial charge in [-0.25, -0.2) is 0 Å². The molecule has 2 amide bonds. The number of aryl methyl sites for hydroxylation is 1. The molecule has 0 saturated carbocycles. The van der Waals surface area contributed by atoms with E-state index in [1.807, 2.05) is 29.1 Å². The van der Waals surface area contributed by atoms with Gasteiger partial charge in [0.1, 0.15) is 11.5 Å². The number of hydrogen-bond donors (Lipinski definition) is 1. The third-order valence-corrected chi connectivity index (χ3v) is 4.31. The molecule has 0 fully saturated rings. The van der Waals surface area contributed by atoms with E-state index in [4.69, 9.17) is 20.9 Å². The van der Waals surface area contributed by atoms with Gasteiger partial charge in [0, 0.05) is 31.6 Å². The molecular formula is C19H19ClN4O4. The number of rotatable bonds is 6. The Balaban J connectivity index is 1.77. The molecule has 3 aromatic rings. The standard InChI is InChI=1S/C19H19ClN4O4/c1-12-8-17(22-28-12)21-18(25)11-23(2)19(26)13-9-14(20)15(10-16(13)27-3)24-6-4-5-7-24/h4-10H,11H2,1-3H3,(H,21,22,25). The first kappa shape index (κ1) is 19.5. The van der Waals surface area contributed by atoms with Crippen LogP contribution in [0.15, 0.2) is 47.2 Å². The fourth-order valence-corrected chi connectivity index (χ4v) is 2.93. The van der Waals surface area contributed by atoms with Gasteiger partial charge in [-0.15, -0.1) is 0 Å². The van der Waals surface area contributed by atoms with E-state index < -0.39 is 11.8 Å². The van der Waals surface area contributed by atoms with Crippen molar-refractivity contribution >= 4 is 29.2 Å². The lowest BCUT2D eigenvalue weighted by Gasteiger charge is -2.19. The summed E-state index contributed by atoms with van der Waals surface area (Å²) < 4.78 is 12.1. The number of methoxy groups -OCH3 is 1. The molecular weight excluding hydrogens is 384 g/mol. The molecule has 146 valence electrons. The summed E-state index contributed by atoms with van der Waals surface area (Å²) in [6.45, 7) is 1.54. The normalized spacial score (nSPS) is 10.6. The molecule has 8 nitrogen and oxygen atoms in total. The van der Waals surface area contributed by atoms with Crippen LogP contribution in [-0.2, 0) is 4.79 Å². The highest BCUT2D eigenvalue weighted by atomic mass is 35.5. The van der Waals surface area contributed by atoms with Crippen LogP contribution in [0, 0.1) is 6.92 Å². The van der Waals surface area contributed by atoms with Crippen molar-refractivity contribution in [2.75, 3.05) is 26.0 Å². The topological polar surface area (TPSA) is 89.6 Å². The van der Waals surface area contributed by atoms with Crippen LogP contribution in [0.4, 0.5) is 5.82 Å². The molecule has 0 aliphatic heterocycles. The van der Waals surface area contributed by atoms with Crippen LogP contribution in [0.25, 0.3) is 5.69 Å². The number of hydrogen-bond acceptors (Lipinski definition) is 5. The van der Waals surface area contributed by atoms with E-state index in [-0.39, 0.29) is 12.1 Å². The van der Waals surface area contributed by atoms with Gasteiger partial charge in [-0.1, -0.05) is 16.8 Å². The zero-order chi connectivity index (χ0) is 20.3. The lowest BCUT2D eigenvalue weighted by atomic mass is 10.1. The van der Waals surface area contributed by atoms with Crippen LogP contribution in [0.5, 0.6) is 5.75 Å². The molecule has 0 saturated heterocycles. The Morgan fingerprint density at radius 3 is 2.61 bits per heavy atom. The van der Waals surface area contributed by atoms with E-state index in [9.17, 15) is 9.59 Å². The lowest BCUT2D eigenvalue weighted by molar-refractivity contribution is -0.116.